The minimum Gasteiger partial charge on any atom is -0.351 e. The number of anilines is 1. The van der Waals surface area contributed by atoms with Crippen molar-refractivity contribution in [2.24, 2.45) is 0 Å². The van der Waals surface area contributed by atoms with Crippen LogP contribution in [0.25, 0.3) is 0 Å². The highest BCUT2D eigenvalue weighted by Gasteiger charge is 2.23. The molecule has 0 aliphatic carbocycles. The molecule has 0 atom stereocenters. The van der Waals surface area contributed by atoms with E-state index in [-0.39, 0.29) is 22.2 Å². The van der Waals surface area contributed by atoms with Crippen molar-refractivity contribution in [1.29, 1.82) is 0 Å². The van der Waals surface area contributed by atoms with Crippen LogP contribution >= 0.6 is 0 Å². The highest BCUT2D eigenvalue weighted by molar-refractivity contribution is 7.92. The summed E-state index contributed by atoms with van der Waals surface area (Å²) in [5.74, 6) is -2.19. The molecular weight excluding hydrogens is 328 g/mol. The summed E-state index contributed by atoms with van der Waals surface area (Å²) < 4.78 is 54.7. The maximum Gasteiger partial charge on any atom is 0.267 e. The Kier molecular flexibility index (Phi) is 3.80. The number of fused-ring (bicyclic) bond motifs is 1. The SMILES string of the molecule is O=C1NCCCn2cc(S(=O)(=O)Nc3ccc(F)cc3F)cc21. The van der Waals surface area contributed by atoms with Gasteiger partial charge in [-0.2, -0.15) is 0 Å². The van der Waals surface area contributed by atoms with Crippen LogP contribution in [0.3, 0.4) is 0 Å². The highest BCUT2D eigenvalue weighted by atomic mass is 32.2. The smallest absolute Gasteiger partial charge is 0.267 e. The number of nitrogens with one attached hydrogen (secondary N) is 2. The summed E-state index contributed by atoms with van der Waals surface area (Å²) in [5.41, 5.74) is -0.139. The third kappa shape index (κ3) is 3.04. The summed E-state index contributed by atoms with van der Waals surface area (Å²) in [4.78, 5) is 11.7. The average Bonchev–Trinajstić information content (AvgIpc) is 2.84. The van der Waals surface area contributed by atoms with Crippen LogP contribution < -0.4 is 10.0 Å². The van der Waals surface area contributed by atoms with Gasteiger partial charge in [-0.1, -0.05) is 0 Å². The number of amides is 1. The van der Waals surface area contributed by atoms with E-state index in [1.54, 1.807) is 0 Å². The van der Waals surface area contributed by atoms with Gasteiger partial charge in [0, 0.05) is 25.4 Å². The molecule has 0 saturated carbocycles. The molecule has 0 spiro atoms. The molecule has 9 heteroatoms. The summed E-state index contributed by atoms with van der Waals surface area (Å²) in [6, 6.07) is 3.75. The molecule has 0 radical (unpaired) electrons. The van der Waals surface area contributed by atoms with E-state index in [1.807, 2.05) is 0 Å². The molecule has 0 bridgehead atoms. The summed E-state index contributed by atoms with van der Waals surface area (Å²) in [7, 11) is -4.09. The fraction of sp³-hybridized carbons (Fsp3) is 0.214. The van der Waals surface area contributed by atoms with Gasteiger partial charge in [-0.05, 0) is 24.6 Å². The van der Waals surface area contributed by atoms with Crippen LogP contribution in [0, 0.1) is 11.6 Å². The minimum atomic E-state index is -4.09. The quantitative estimate of drug-likeness (QED) is 0.892. The fourth-order valence-electron chi connectivity index (χ4n) is 2.32. The van der Waals surface area contributed by atoms with Crippen molar-refractivity contribution in [2.45, 2.75) is 17.9 Å². The Morgan fingerprint density at radius 2 is 2.00 bits per heavy atom. The molecule has 0 saturated heterocycles. The first kappa shape index (κ1) is 15.5. The fourth-order valence-corrected chi connectivity index (χ4v) is 3.43. The van der Waals surface area contributed by atoms with Gasteiger partial charge in [0.25, 0.3) is 15.9 Å². The van der Waals surface area contributed by atoms with Gasteiger partial charge in [0.2, 0.25) is 0 Å². The second kappa shape index (κ2) is 5.65. The molecule has 1 aliphatic heterocycles. The van der Waals surface area contributed by atoms with E-state index in [0.29, 0.717) is 25.6 Å². The maximum absolute atomic E-state index is 13.6. The second-order valence-corrected chi connectivity index (χ2v) is 6.78. The van der Waals surface area contributed by atoms with E-state index >= 15 is 0 Å². The minimum absolute atomic E-state index is 0.159. The van der Waals surface area contributed by atoms with Gasteiger partial charge in [-0.25, -0.2) is 17.2 Å². The monoisotopic (exact) mass is 341 g/mol. The van der Waals surface area contributed by atoms with Crippen LogP contribution in [0.15, 0.2) is 35.4 Å². The van der Waals surface area contributed by atoms with E-state index in [1.165, 1.54) is 16.8 Å². The molecule has 0 fully saturated rings. The standard InChI is InChI=1S/C14H13F2N3O3S/c15-9-2-3-12(11(16)6-9)18-23(21,22)10-7-13-14(20)17-4-1-5-19(13)8-10/h2-3,6-8,18H,1,4-5H2,(H,17,20). The second-order valence-electron chi connectivity index (χ2n) is 5.09. The normalized spacial score (nSPS) is 14.8. The molecule has 1 aliphatic rings. The molecule has 1 aromatic heterocycles. The summed E-state index contributed by atoms with van der Waals surface area (Å²) in [5, 5.41) is 2.65. The Labute approximate surface area is 131 Å². The zero-order chi connectivity index (χ0) is 16.6. The van der Waals surface area contributed by atoms with Crippen LogP contribution in [-0.4, -0.2) is 25.4 Å². The Morgan fingerprint density at radius 3 is 2.74 bits per heavy atom. The zero-order valence-electron chi connectivity index (χ0n) is 11.8. The van der Waals surface area contributed by atoms with Crippen molar-refractivity contribution >= 4 is 21.6 Å². The van der Waals surface area contributed by atoms with E-state index in [4.69, 9.17) is 0 Å². The third-order valence-corrected chi connectivity index (χ3v) is 4.78. The van der Waals surface area contributed by atoms with E-state index < -0.39 is 21.7 Å². The van der Waals surface area contributed by atoms with Crippen molar-refractivity contribution in [1.82, 2.24) is 9.88 Å². The van der Waals surface area contributed by atoms with Crippen molar-refractivity contribution < 1.29 is 22.0 Å². The third-order valence-electron chi connectivity index (χ3n) is 3.45. The number of halogens is 2. The molecule has 6 nitrogen and oxygen atoms in total. The van der Waals surface area contributed by atoms with E-state index in [2.05, 4.69) is 10.0 Å². The number of hydrogen-bond donors (Lipinski definition) is 2. The Bertz CT molecular complexity index is 877. The number of benzene rings is 1. The summed E-state index contributed by atoms with van der Waals surface area (Å²) in [6.45, 7) is 1.01. The first-order valence-corrected chi connectivity index (χ1v) is 8.31. The number of nitrogens with zero attached hydrogens (tertiary/aromatic N) is 1. The average molecular weight is 341 g/mol. The molecular formula is C14H13F2N3O3S. The summed E-state index contributed by atoms with van der Waals surface area (Å²) >= 11 is 0. The van der Waals surface area contributed by atoms with Gasteiger partial charge in [0.1, 0.15) is 22.2 Å². The Balaban J connectivity index is 1.94. The lowest BCUT2D eigenvalue weighted by atomic mass is 10.3. The van der Waals surface area contributed by atoms with Crippen LogP contribution in [-0.2, 0) is 16.6 Å². The van der Waals surface area contributed by atoms with Crippen molar-refractivity contribution in [3.8, 4) is 0 Å². The molecule has 1 amide bonds. The lowest BCUT2D eigenvalue weighted by molar-refractivity contribution is 0.0951. The molecule has 0 unspecified atom stereocenters. The first-order valence-electron chi connectivity index (χ1n) is 6.83. The summed E-state index contributed by atoms with van der Waals surface area (Å²) in [6.07, 6.45) is 2.00. The number of aromatic nitrogens is 1. The zero-order valence-corrected chi connectivity index (χ0v) is 12.7. The predicted molar refractivity (Wildman–Crippen MR) is 78.5 cm³/mol. The van der Waals surface area contributed by atoms with Gasteiger partial charge in [0.05, 0.1) is 5.69 Å². The number of carbonyl (C=O) groups is 1. The first-order chi connectivity index (χ1) is 10.9. The number of aryl methyl sites for hydroxylation is 1. The van der Waals surface area contributed by atoms with Crippen LogP contribution in [0.2, 0.25) is 0 Å². The van der Waals surface area contributed by atoms with Gasteiger partial charge in [0.15, 0.2) is 0 Å². The van der Waals surface area contributed by atoms with Crippen molar-refractivity contribution in [3.63, 3.8) is 0 Å². The molecule has 2 aromatic rings. The predicted octanol–water partition coefficient (Wildman–Crippen LogP) is 1.70. The van der Waals surface area contributed by atoms with Gasteiger partial charge < -0.3 is 9.88 Å². The lowest BCUT2D eigenvalue weighted by Gasteiger charge is -2.07. The molecule has 3 rings (SSSR count). The molecule has 122 valence electrons. The largest absolute Gasteiger partial charge is 0.351 e. The van der Waals surface area contributed by atoms with Gasteiger partial charge >= 0.3 is 0 Å². The van der Waals surface area contributed by atoms with Crippen molar-refractivity contribution in [3.05, 3.63) is 47.8 Å². The van der Waals surface area contributed by atoms with E-state index in [0.717, 1.165) is 12.1 Å². The Morgan fingerprint density at radius 1 is 1.22 bits per heavy atom. The number of hydrogen-bond acceptors (Lipinski definition) is 3. The highest BCUT2D eigenvalue weighted by Crippen LogP contribution is 2.22. The van der Waals surface area contributed by atoms with Crippen LogP contribution in [0.1, 0.15) is 16.9 Å². The van der Waals surface area contributed by atoms with Crippen molar-refractivity contribution in [2.75, 3.05) is 11.3 Å². The molecule has 2 N–H and O–H groups in total. The number of sulfonamides is 1. The van der Waals surface area contributed by atoms with Gasteiger partial charge in [-0.15, -0.1) is 0 Å². The van der Waals surface area contributed by atoms with Gasteiger partial charge in [-0.3, -0.25) is 9.52 Å². The van der Waals surface area contributed by atoms with E-state index in [9.17, 15) is 22.0 Å². The molecule has 2 heterocycles. The molecule has 1 aromatic carbocycles. The van der Waals surface area contributed by atoms with Crippen LogP contribution in [0.5, 0.6) is 0 Å². The van der Waals surface area contributed by atoms with Crippen LogP contribution in [0.4, 0.5) is 14.5 Å². The maximum atomic E-state index is 13.6. The topological polar surface area (TPSA) is 80.2 Å². The molecule has 23 heavy (non-hydrogen) atoms. The number of carbonyl (C=O) groups excluding carboxylic acids is 1. The number of rotatable bonds is 3. The lowest BCUT2D eigenvalue weighted by Crippen LogP contribution is -2.22. The Hall–Kier alpha value is -2.42.